The van der Waals surface area contributed by atoms with Crippen LogP contribution < -0.4 is 14.8 Å². The molecule has 2 heterocycles. The first-order chi connectivity index (χ1) is 13.7. The third kappa shape index (κ3) is 3.61. The molecule has 2 aromatic carbocycles. The molecule has 0 radical (unpaired) electrons. The van der Waals surface area contributed by atoms with Gasteiger partial charge in [-0.3, -0.25) is 4.79 Å². The van der Waals surface area contributed by atoms with E-state index in [1.54, 1.807) is 13.2 Å². The van der Waals surface area contributed by atoms with E-state index in [-0.39, 0.29) is 11.9 Å². The number of rotatable bonds is 6. The maximum absolute atomic E-state index is 13.3. The molecule has 4 rings (SSSR count). The van der Waals surface area contributed by atoms with Crippen molar-refractivity contribution in [2.24, 2.45) is 0 Å². The fraction of sp³-hybridized carbons (Fsp3) is 0.318. The van der Waals surface area contributed by atoms with Gasteiger partial charge in [-0.25, -0.2) is 0 Å². The van der Waals surface area contributed by atoms with Gasteiger partial charge in [0, 0.05) is 24.1 Å². The second-order valence-corrected chi connectivity index (χ2v) is 7.70. The summed E-state index contributed by atoms with van der Waals surface area (Å²) in [5.74, 6) is 1.22. The second-order valence-electron chi connectivity index (χ2n) is 6.91. The number of hydrogen-bond donors (Lipinski definition) is 1. The Morgan fingerprint density at radius 1 is 1.21 bits per heavy atom. The molecule has 2 aliphatic rings. The molecule has 0 bridgehead atoms. The van der Waals surface area contributed by atoms with Gasteiger partial charge in [0.1, 0.15) is 0 Å². The van der Waals surface area contributed by atoms with E-state index in [1.807, 2.05) is 35.4 Å². The zero-order valence-corrected chi connectivity index (χ0v) is 17.4. The number of methoxy groups -OCH3 is 1. The molecule has 1 unspecified atom stereocenters. The summed E-state index contributed by atoms with van der Waals surface area (Å²) in [5, 5.41) is 4.32. The lowest BCUT2D eigenvalue weighted by molar-refractivity contribution is 0.0796. The smallest absolute Gasteiger partial charge is 0.260 e. The topological polar surface area (TPSA) is 50.8 Å². The predicted molar refractivity (Wildman–Crippen MR) is 114 cm³/mol. The van der Waals surface area contributed by atoms with Crippen LogP contribution in [-0.4, -0.2) is 42.4 Å². The predicted octanol–water partition coefficient (Wildman–Crippen LogP) is 4.54. The Morgan fingerprint density at radius 2 is 2.04 bits per heavy atom. The molecule has 1 amide bonds. The molecule has 2 aromatic rings. The van der Waals surface area contributed by atoms with Crippen molar-refractivity contribution in [1.29, 1.82) is 0 Å². The molecular formula is C22H23BrN2O3. The number of alkyl halides is 1. The van der Waals surface area contributed by atoms with Crippen molar-refractivity contribution >= 4 is 33.1 Å². The minimum absolute atomic E-state index is 0.0127. The fourth-order valence-corrected chi connectivity index (χ4v) is 3.91. The number of carbonyl (C=O) groups is 1. The summed E-state index contributed by atoms with van der Waals surface area (Å²) in [6.07, 6.45) is 3.73. The number of benzene rings is 2. The van der Waals surface area contributed by atoms with Crippen molar-refractivity contribution in [2.75, 3.05) is 30.9 Å². The van der Waals surface area contributed by atoms with E-state index in [0.717, 1.165) is 29.4 Å². The van der Waals surface area contributed by atoms with E-state index >= 15 is 0 Å². The summed E-state index contributed by atoms with van der Waals surface area (Å²) in [6.45, 7) is 1.28. The first-order valence-corrected chi connectivity index (χ1v) is 10.6. The minimum atomic E-state index is -0.0127. The van der Waals surface area contributed by atoms with E-state index in [1.165, 1.54) is 5.57 Å². The molecule has 1 N–H and O–H groups in total. The van der Waals surface area contributed by atoms with Gasteiger partial charge in [0.15, 0.2) is 11.5 Å². The Balaban J connectivity index is 1.64. The van der Waals surface area contributed by atoms with Crippen molar-refractivity contribution in [1.82, 2.24) is 4.90 Å². The SMILES string of the molecule is COc1cc2c(cc1OCCCBr)NCC1CC(c3ccccc3)=CN1C2=O. The van der Waals surface area contributed by atoms with Crippen LogP contribution in [0.15, 0.2) is 48.7 Å². The Bertz CT molecular complexity index is 898. The monoisotopic (exact) mass is 442 g/mol. The van der Waals surface area contributed by atoms with E-state index in [2.05, 4.69) is 33.4 Å². The number of amides is 1. The highest BCUT2D eigenvalue weighted by Crippen LogP contribution is 2.39. The molecule has 0 saturated carbocycles. The minimum Gasteiger partial charge on any atom is -0.493 e. The summed E-state index contributed by atoms with van der Waals surface area (Å²) < 4.78 is 11.3. The molecule has 0 fully saturated rings. The summed E-state index contributed by atoms with van der Waals surface area (Å²) in [5.41, 5.74) is 3.75. The lowest BCUT2D eigenvalue weighted by atomic mass is 10.0. The van der Waals surface area contributed by atoms with Crippen molar-refractivity contribution in [3.05, 3.63) is 59.8 Å². The Hall–Kier alpha value is -2.47. The van der Waals surface area contributed by atoms with Gasteiger partial charge in [-0.1, -0.05) is 46.3 Å². The lowest BCUT2D eigenvalue weighted by Crippen LogP contribution is -2.34. The fourth-order valence-electron chi connectivity index (χ4n) is 3.68. The van der Waals surface area contributed by atoms with E-state index in [0.29, 0.717) is 30.2 Å². The molecule has 0 saturated heterocycles. The summed E-state index contributed by atoms with van der Waals surface area (Å²) in [6, 6.07) is 14.0. The summed E-state index contributed by atoms with van der Waals surface area (Å²) in [4.78, 5) is 15.1. The van der Waals surface area contributed by atoms with Crippen LogP contribution in [0.2, 0.25) is 0 Å². The number of carbonyl (C=O) groups excluding carboxylic acids is 1. The van der Waals surface area contributed by atoms with Crippen LogP contribution in [0.5, 0.6) is 11.5 Å². The number of fused-ring (bicyclic) bond motifs is 2. The van der Waals surface area contributed by atoms with Crippen molar-refractivity contribution < 1.29 is 14.3 Å². The van der Waals surface area contributed by atoms with Crippen LogP contribution in [-0.2, 0) is 0 Å². The van der Waals surface area contributed by atoms with Crippen LogP contribution in [0, 0.1) is 0 Å². The molecule has 2 aliphatic heterocycles. The Morgan fingerprint density at radius 3 is 2.79 bits per heavy atom. The zero-order chi connectivity index (χ0) is 19.5. The van der Waals surface area contributed by atoms with Crippen LogP contribution in [0.4, 0.5) is 5.69 Å². The van der Waals surface area contributed by atoms with Gasteiger partial charge in [0.2, 0.25) is 0 Å². The summed E-state index contributed by atoms with van der Waals surface area (Å²) >= 11 is 3.41. The highest BCUT2D eigenvalue weighted by Gasteiger charge is 2.34. The first kappa shape index (κ1) is 18.9. The molecule has 5 nitrogen and oxygen atoms in total. The Kier molecular flexibility index (Phi) is 5.57. The van der Waals surface area contributed by atoms with Crippen molar-refractivity contribution in [3.8, 4) is 11.5 Å². The maximum atomic E-state index is 13.3. The standard InChI is InChI=1S/C22H23BrN2O3/c1-27-20-11-18-19(12-21(20)28-9-5-8-23)24-13-17-10-16(14-25(17)22(18)26)15-6-3-2-4-7-15/h2-4,6-7,11-12,14,17,24H,5,8-10,13H2,1H3. The van der Waals surface area contributed by atoms with Gasteiger partial charge in [0.05, 0.1) is 31.0 Å². The van der Waals surface area contributed by atoms with Crippen LogP contribution >= 0.6 is 15.9 Å². The van der Waals surface area contributed by atoms with Gasteiger partial charge in [-0.2, -0.15) is 0 Å². The molecule has 1 atom stereocenters. The highest BCUT2D eigenvalue weighted by molar-refractivity contribution is 9.09. The van der Waals surface area contributed by atoms with Gasteiger partial charge >= 0.3 is 0 Å². The molecule has 6 heteroatoms. The number of ether oxygens (including phenoxy) is 2. The Labute approximate surface area is 173 Å². The average molecular weight is 443 g/mol. The van der Waals surface area contributed by atoms with Crippen LogP contribution in [0.1, 0.15) is 28.8 Å². The molecular weight excluding hydrogens is 420 g/mol. The second kappa shape index (κ2) is 8.27. The quantitative estimate of drug-likeness (QED) is 0.526. The molecule has 0 aromatic heterocycles. The molecule has 0 aliphatic carbocycles. The van der Waals surface area contributed by atoms with Gasteiger partial charge < -0.3 is 19.7 Å². The average Bonchev–Trinajstić information content (AvgIpc) is 3.12. The number of nitrogens with one attached hydrogen (secondary N) is 1. The van der Waals surface area contributed by atoms with Gasteiger partial charge in [0.25, 0.3) is 5.91 Å². The zero-order valence-electron chi connectivity index (χ0n) is 15.8. The van der Waals surface area contributed by atoms with Crippen molar-refractivity contribution in [3.63, 3.8) is 0 Å². The van der Waals surface area contributed by atoms with Gasteiger partial charge in [-0.15, -0.1) is 0 Å². The summed E-state index contributed by atoms with van der Waals surface area (Å²) in [7, 11) is 1.60. The third-order valence-corrected chi connectivity index (χ3v) is 5.68. The third-order valence-electron chi connectivity index (χ3n) is 5.12. The normalized spacial score (nSPS) is 17.9. The largest absolute Gasteiger partial charge is 0.493 e. The molecule has 0 spiro atoms. The van der Waals surface area contributed by atoms with Crippen LogP contribution in [0.25, 0.3) is 5.57 Å². The maximum Gasteiger partial charge on any atom is 0.260 e. The van der Waals surface area contributed by atoms with E-state index in [4.69, 9.17) is 9.47 Å². The first-order valence-electron chi connectivity index (χ1n) is 9.44. The number of nitrogens with zero attached hydrogens (tertiary/aromatic N) is 1. The van der Waals surface area contributed by atoms with Crippen LogP contribution in [0.3, 0.4) is 0 Å². The van der Waals surface area contributed by atoms with E-state index in [9.17, 15) is 4.79 Å². The van der Waals surface area contributed by atoms with E-state index < -0.39 is 0 Å². The molecule has 28 heavy (non-hydrogen) atoms. The van der Waals surface area contributed by atoms with Gasteiger partial charge in [-0.05, 0) is 30.0 Å². The number of halogens is 1. The number of anilines is 1. The number of hydrogen-bond acceptors (Lipinski definition) is 4. The molecule has 146 valence electrons. The lowest BCUT2D eigenvalue weighted by Gasteiger charge is -2.20. The van der Waals surface area contributed by atoms with Crippen molar-refractivity contribution in [2.45, 2.75) is 18.9 Å². The highest BCUT2D eigenvalue weighted by atomic mass is 79.9.